The summed E-state index contributed by atoms with van der Waals surface area (Å²) >= 11 is 0. The number of hydrogen-bond acceptors (Lipinski definition) is 8. The highest BCUT2D eigenvalue weighted by molar-refractivity contribution is 5.94. The average Bonchev–Trinajstić information content (AvgIpc) is 3.35. The zero-order valence-electron chi connectivity index (χ0n) is 17.1. The largest absolute Gasteiger partial charge is 0.462 e. The first-order chi connectivity index (χ1) is 15.1. The predicted molar refractivity (Wildman–Crippen MR) is 113 cm³/mol. The molecular weight excluding hydrogens is 398 g/mol. The van der Waals surface area contributed by atoms with Gasteiger partial charge >= 0.3 is 5.97 Å². The van der Waals surface area contributed by atoms with Gasteiger partial charge in [-0.1, -0.05) is 0 Å². The van der Waals surface area contributed by atoms with Gasteiger partial charge < -0.3 is 15.0 Å². The van der Waals surface area contributed by atoms with Crippen molar-refractivity contribution in [2.75, 3.05) is 29.9 Å². The van der Waals surface area contributed by atoms with E-state index in [2.05, 4.69) is 30.3 Å². The molecular formula is C21H23N7O3. The highest BCUT2D eigenvalue weighted by Gasteiger charge is 2.27. The predicted octanol–water partition coefficient (Wildman–Crippen LogP) is 2.09. The number of amides is 1. The van der Waals surface area contributed by atoms with Crippen LogP contribution in [-0.4, -0.2) is 56.3 Å². The summed E-state index contributed by atoms with van der Waals surface area (Å²) in [6.07, 6.45) is 6.18. The maximum absolute atomic E-state index is 12.8. The van der Waals surface area contributed by atoms with Crippen LogP contribution in [0.25, 0.3) is 5.82 Å². The number of esters is 1. The topological polar surface area (TPSA) is 115 Å². The smallest absolute Gasteiger partial charge is 0.338 e. The third-order valence-electron chi connectivity index (χ3n) is 5.07. The number of ether oxygens (including phenoxy) is 1. The van der Waals surface area contributed by atoms with Crippen LogP contribution in [-0.2, 0) is 9.53 Å². The molecule has 2 aromatic heterocycles. The van der Waals surface area contributed by atoms with E-state index in [1.807, 2.05) is 6.07 Å². The standard InChI is InChI=1S/C21H23N7O3/c1-2-31-21(30)15-5-7-17(8-6-15)26-20(29)16-4-3-9-27(11-16)18-10-19(24-13-23-18)28-14-22-12-25-28/h5-8,10,12-14,16H,2-4,9,11H2,1H3,(H,26,29). The molecule has 0 aliphatic carbocycles. The van der Waals surface area contributed by atoms with Gasteiger partial charge in [-0.2, -0.15) is 5.10 Å². The van der Waals surface area contributed by atoms with Gasteiger partial charge in [0.1, 0.15) is 24.8 Å². The summed E-state index contributed by atoms with van der Waals surface area (Å²) in [6.45, 7) is 3.45. The molecule has 0 radical (unpaired) electrons. The molecule has 0 bridgehead atoms. The Kier molecular flexibility index (Phi) is 6.16. The molecule has 3 heterocycles. The Morgan fingerprint density at radius 2 is 1.97 bits per heavy atom. The lowest BCUT2D eigenvalue weighted by molar-refractivity contribution is -0.120. The lowest BCUT2D eigenvalue weighted by atomic mass is 9.97. The lowest BCUT2D eigenvalue weighted by Crippen LogP contribution is -2.41. The molecule has 1 saturated heterocycles. The number of hydrogen-bond donors (Lipinski definition) is 1. The molecule has 1 aliphatic rings. The first-order valence-corrected chi connectivity index (χ1v) is 10.1. The minimum absolute atomic E-state index is 0.0564. The quantitative estimate of drug-likeness (QED) is 0.602. The van der Waals surface area contributed by atoms with E-state index in [9.17, 15) is 9.59 Å². The zero-order chi connectivity index (χ0) is 21.6. The van der Waals surface area contributed by atoms with Gasteiger partial charge in [-0.15, -0.1) is 0 Å². The van der Waals surface area contributed by atoms with Gasteiger partial charge in [-0.25, -0.2) is 24.4 Å². The fraction of sp³-hybridized carbons (Fsp3) is 0.333. The van der Waals surface area contributed by atoms with Crippen LogP contribution in [0.3, 0.4) is 0 Å². The number of piperidine rings is 1. The first-order valence-electron chi connectivity index (χ1n) is 10.1. The second-order valence-corrected chi connectivity index (χ2v) is 7.15. The Morgan fingerprint density at radius 1 is 1.16 bits per heavy atom. The molecule has 1 unspecified atom stereocenters. The lowest BCUT2D eigenvalue weighted by Gasteiger charge is -2.32. The van der Waals surface area contributed by atoms with Crippen molar-refractivity contribution in [3.63, 3.8) is 0 Å². The van der Waals surface area contributed by atoms with Gasteiger partial charge in [0, 0.05) is 24.8 Å². The Hall–Kier alpha value is -3.82. The van der Waals surface area contributed by atoms with Gasteiger partial charge in [0.15, 0.2) is 5.82 Å². The number of carbonyl (C=O) groups excluding carboxylic acids is 2. The van der Waals surface area contributed by atoms with E-state index in [1.54, 1.807) is 42.2 Å². The Balaban J connectivity index is 1.40. The van der Waals surface area contributed by atoms with Crippen molar-refractivity contribution >= 4 is 23.4 Å². The number of benzene rings is 1. The van der Waals surface area contributed by atoms with Gasteiger partial charge in [0.05, 0.1) is 18.1 Å². The average molecular weight is 421 g/mol. The maximum atomic E-state index is 12.8. The first kappa shape index (κ1) is 20.5. The molecule has 1 aromatic carbocycles. The van der Waals surface area contributed by atoms with Crippen molar-refractivity contribution in [2.24, 2.45) is 5.92 Å². The molecule has 160 valence electrons. The summed E-state index contributed by atoms with van der Waals surface area (Å²) in [5.41, 5.74) is 1.10. The van der Waals surface area contributed by atoms with E-state index in [-0.39, 0.29) is 17.8 Å². The molecule has 10 heteroatoms. The fourth-order valence-corrected chi connectivity index (χ4v) is 3.51. The normalized spacial score (nSPS) is 16.0. The second-order valence-electron chi connectivity index (χ2n) is 7.15. The van der Waals surface area contributed by atoms with Crippen LogP contribution in [0.4, 0.5) is 11.5 Å². The van der Waals surface area contributed by atoms with Gasteiger partial charge in [0.25, 0.3) is 0 Å². The van der Waals surface area contributed by atoms with Crippen molar-refractivity contribution < 1.29 is 14.3 Å². The number of carbonyl (C=O) groups is 2. The summed E-state index contributed by atoms with van der Waals surface area (Å²) in [7, 11) is 0. The van der Waals surface area contributed by atoms with E-state index in [1.165, 1.54) is 12.7 Å². The molecule has 0 saturated carbocycles. The zero-order valence-corrected chi connectivity index (χ0v) is 17.1. The fourth-order valence-electron chi connectivity index (χ4n) is 3.51. The van der Waals surface area contributed by atoms with E-state index in [4.69, 9.17) is 4.74 Å². The molecule has 1 amide bonds. The van der Waals surface area contributed by atoms with E-state index in [0.717, 1.165) is 25.2 Å². The molecule has 4 rings (SSSR count). The summed E-state index contributed by atoms with van der Waals surface area (Å²) < 4.78 is 6.55. The minimum Gasteiger partial charge on any atom is -0.462 e. The van der Waals surface area contributed by atoms with Gasteiger partial charge in [0.2, 0.25) is 5.91 Å². The minimum atomic E-state index is -0.376. The summed E-state index contributed by atoms with van der Waals surface area (Å²) in [5, 5.41) is 7.04. The molecule has 3 aromatic rings. The highest BCUT2D eigenvalue weighted by Crippen LogP contribution is 2.24. The SMILES string of the molecule is CCOC(=O)c1ccc(NC(=O)C2CCCN(c3cc(-n4cncn4)ncn3)C2)cc1. The molecule has 1 aliphatic heterocycles. The molecule has 1 N–H and O–H groups in total. The Bertz CT molecular complexity index is 1040. The van der Waals surface area contributed by atoms with Crippen LogP contribution in [0, 0.1) is 5.92 Å². The van der Waals surface area contributed by atoms with Crippen molar-refractivity contribution in [1.82, 2.24) is 24.7 Å². The van der Waals surface area contributed by atoms with Crippen LogP contribution in [0.5, 0.6) is 0 Å². The molecule has 0 spiro atoms. The van der Waals surface area contributed by atoms with Gasteiger partial charge in [-0.3, -0.25) is 4.79 Å². The van der Waals surface area contributed by atoms with Crippen LogP contribution in [0.15, 0.2) is 49.3 Å². The number of rotatable bonds is 6. The molecule has 1 atom stereocenters. The Morgan fingerprint density at radius 3 is 2.71 bits per heavy atom. The van der Waals surface area contributed by atoms with Crippen molar-refractivity contribution in [1.29, 1.82) is 0 Å². The Labute approximate surface area is 179 Å². The van der Waals surface area contributed by atoms with Crippen molar-refractivity contribution in [3.05, 3.63) is 54.9 Å². The van der Waals surface area contributed by atoms with Crippen molar-refractivity contribution in [3.8, 4) is 5.82 Å². The highest BCUT2D eigenvalue weighted by atomic mass is 16.5. The molecule has 10 nitrogen and oxygen atoms in total. The third-order valence-corrected chi connectivity index (χ3v) is 5.07. The number of aromatic nitrogens is 5. The van der Waals surface area contributed by atoms with Crippen LogP contribution in [0.2, 0.25) is 0 Å². The summed E-state index contributed by atoms with van der Waals surface area (Å²) in [4.78, 5) is 39.2. The number of nitrogens with one attached hydrogen (secondary N) is 1. The van der Waals surface area contributed by atoms with Gasteiger partial charge in [-0.05, 0) is 44.0 Å². The van der Waals surface area contributed by atoms with E-state index in [0.29, 0.717) is 30.2 Å². The second kappa shape index (κ2) is 9.33. The summed E-state index contributed by atoms with van der Waals surface area (Å²) in [6, 6.07) is 8.54. The summed E-state index contributed by atoms with van der Waals surface area (Å²) in [5.74, 6) is 0.758. The van der Waals surface area contributed by atoms with Crippen LogP contribution >= 0.6 is 0 Å². The van der Waals surface area contributed by atoms with Crippen LogP contribution in [0.1, 0.15) is 30.1 Å². The number of nitrogens with zero attached hydrogens (tertiary/aromatic N) is 6. The van der Waals surface area contributed by atoms with Crippen LogP contribution < -0.4 is 10.2 Å². The third kappa shape index (κ3) is 4.85. The maximum Gasteiger partial charge on any atom is 0.338 e. The van der Waals surface area contributed by atoms with E-state index >= 15 is 0 Å². The van der Waals surface area contributed by atoms with E-state index < -0.39 is 0 Å². The van der Waals surface area contributed by atoms with Crippen molar-refractivity contribution in [2.45, 2.75) is 19.8 Å². The number of anilines is 2. The molecule has 31 heavy (non-hydrogen) atoms. The molecule has 1 fully saturated rings. The monoisotopic (exact) mass is 421 g/mol.